The van der Waals surface area contributed by atoms with Crippen molar-refractivity contribution in [2.24, 2.45) is 0 Å². The van der Waals surface area contributed by atoms with Gasteiger partial charge < -0.3 is 14.8 Å². The van der Waals surface area contributed by atoms with E-state index in [9.17, 15) is 27.9 Å². The summed E-state index contributed by atoms with van der Waals surface area (Å²) in [7, 11) is 0. The SMILES string of the molecule is O=C(NCC(O)c1ccccc1C(F)(F)F)c1cc2ccccc2oc1=O. The van der Waals surface area contributed by atoms with Crippen molar-refractivity contribution in [3.63, 3.8) is 0 Å². The molecule has 3 rings (SSSR count). The fourth-order valence-corrected chi connectivity index (χ4v) is 2.66. The normalized spacial score (nSPS) is 12.7. The maximum absolute atomic E-state index is 13.0. The van der Waals surface area contributed by atoms with Gasteiger partial charge in [0, 0.05) is 11.9 Å². The lowest BCUT2D eigenvalue weighted by molar-refractivity contribution is -0.139. The number of carbonyl (C=O) groups is 1. The molecular formula is C19H14F3NO4. The van der Waals surface area contributed by atoms with Crippen molar-refractivity contribution in [1.82, 2.24) is 5.32 Å². The number of hydrogen-bond donors (Lipinski definition) is 2. The molecule has 0 saturated carbocycles. The monoisotopic (exact) mass is 377 g/mol. The largest absolute Gasteiger partial charge is 0.422 e. The number of halogens is 3. The van der Waals surface area contributed by atoms with Crippen LogP contribution in [0.5, 0.6) is 0 Å². The van der Waals surface area contributed by atoms with E-state index in [2.05, 4.69) is 5.32 Å². The van der Waals surface area contributed by atoms with Crippen LogP contribution in [0.15, 0.2) is 63.8 Å². The number of benzene rings is 2. The van der Waals surface area contributed by atoms with Crippen LogP contribution in [0.1, 0.15) is 27.6 Å². The van der Waals surface area contributed by atoms with Crippen LogP contribution >= 0.6 is 0 Å². The van der Waals surface area contributed by atoms with Crippen molar-refractivity contribution in [3.8, 4) is 0 Å². The van der Waals surface area contributed by atoms with Crippen LogP contribution in [-0.2, 0) is 6.18 Å². The molecule has 0 spiro atoms. The molecule has 27 heavy (non-hydrogen) atoms. The summed E-state index contributed by atoms with van der Waals surface area (Å²) in [4.78, 5) is 24.2. The van der Waals surface area contributed by atoms with Crippen molar-refractivity contribution >= 4 is 16.9 Å². The molecule has 0 saturated heterocycles. The average Bonchev–Trinajstić information content (AvgIpc) is 2.64. The number of hydrogen-bond acceptors (Lipinski definition) is 4. The smallest absolute Gasteiger partial charge is 0.416 e. The van der Waals surface area contributed by atoms with E-state index in [-0.39, 0.29) is 11.1 Å². The van der Waals surface area contributed by atoms with Gasteiger partial charge in [-0.25, -0.2) is 4.79 Å². The van der Waals surface area contributed by atoms with E-state index in [1.807, 2.05) is 0 Å². The molecule has 140 valence electrons. The van der Waals surface area contributed by atoms with E-state index in [1.54, 1.807) is 24.3 Å². The Bertz CT molecular complexity index is 1040. The number of amides is 1. The highest BCUT2D eigenvalue weighted by atomic mass is 19.4. The Kier molecular flexibility index (Phi) is 5.00. The van der Waals surface area contributed by atoms with Crippen LogP contribution < -0.4 is 10.9 Å². The van der Waals surface area contributed by atoms with Gasteiger partial charge in [0.1, 0.15) is 11.1 Å². The zero-order valence-corrected chi connectivity index (χ0v) is 13.8. The predicted octanol–water partition coefficient (Wildman–Crippen LogP) is 3.28. The minimum Gasteiger partial charge on any atom is -0.422 e. The molecule has 2 aromatic carbocycles. The molecule has 2 N–H and O–H groups in total. The van der Waals surface area contributed by atoms with Gasteiger partial charge in [-0.15, -0.1) is 0 Å². The van der Waals surface area contributed by atoms with Gasteiger partial charge in [-0.3, -0.25) is 4.79 Å². The zero-order valence-electron chi connectivity index (χ0n) is 13.8. The first-order valence-corrected chi connectivity index (χ1v) is 7.92. The standard InChI is InChI=1S/C19H14F3NO4/c20-19(21,22)14-7-3-2-6-12(14)15(24)10-23-17(25)13-9-11-5-1-4-8-16(11)27-18(13)26/h1-9,15,24H,10H2,(H,23,25). The van der Waals surface area contributed by atoms with E-state index >= 15 is 0 Å². The Morgan fingerprint density at radius 3 is 2.52 bits per heavy atom. The van der Waals surface area contributed by atoms with Crippen molar-refractivity contribution in [3.05, 3.63) is 81.7 Å². The Morgan fingerprint density at radius 2 is 1.78 bits per heavy atom. The second-order valence-electron chi connectivity index (χ2n) is 5.80. The summed E-state index contributed by atoms with van der Waals surface area (Å²) >= 11 is 0. The Morgan fingerprint density at radius 1 is 1.11 bits per heavy atom. The Labute approximate surface area is 151 Å². The number of aliphatic hydroxyl groups is 1. The summed E-state index contributed by atoms with van der Waals surface area (Å²) in [6.45, 7) is -0.502. The summed E-state index contributed by atoms with van der Waals surface area (Å²) in [6, 6.07) is 12.4. The maximum atomic E-state index is 13.0. The summed E-state index contributed by atoms with van der Waals surface area (Å²) < 4.78 is 44.1. The first-order chi connectivity index (χ1) is 12.8. The van der Waals surface area contributed by atoms with Crippen LogP contribution in [-0.4, -0.2) is 17.6 Å². The molecule has 1 unspecified atom stereocenters. The molecule has 1 aromatic heterocycles. The average molecular weight is 377 g/mol. The summed E-state index contributed by atoms with van der Waals surface area (Å²) in [5.41, 5.74) is -2.23. The van der Waals surface area contributed by atoms with Crippen LogP contribution in [0.4, 0.5) is 13.2 Å². The molecule has 0 fully saturated rings. The lowest BCUT2D eigenvalue weighted by Crippen LogP contribution is -2.32. The van der Waals surface area contributed by atoms with Gasteiger partial charge in [-0.05, 0) is 23.8 Å². The molecule has 0 aliphatic heterocycles. The predicted molar refractivity (Wildman–Crippen MR) is 91.2 cm³/mol. The Balaban J connectivity index is 1.79. The molecule has 8 heteroatoms. The molecule has 0 radical (unpaired) electrons. The van der Waals surface area contributed by atoms with Gasteiger partial charge >= 0.3 is 11.8 Å². The third kappa shape index (κ3) is 4.01. The van der Waals surface area contributed by atoms with Crippen molar-refractivity contribution in [2.75, 3.05) is 6.54 Å². The first-order valence-electron chi connectivity index (χ1n) is 7.92. The van der Waals surface area contributed by atoms with Crippen LogP contribution in [0.3, 0.4) is 0 Å². The Hall–Kier alpha value is -3.13. The van der Waals surface area contributed by atoms with Gasteiger partial charge in [0.2, 0.25) is 0 Å². The highest BCUT2D eigenvalue weighted by Crippen LogP contribution is 2.34. The van der Waals surface area contributed by atoms with Gasteiger partial charge in [0.05, 0.1) is 11.7 Å². The van der Waals surface area contributed by atoms with E-state index in [4.69, 9.17) is 4.42 Å². The molecule has 1 heterocycles. The van der Waals surface area contributed by atoms with Gasteiger partial charge in [-0.1, -0.05) is 36.4 Å². The second kappa shape index (κ2) is 7.24. The molecule has 3 aromatic rings. The van der Waals surface area contributed by atoms with Crippen molar-refractivity contribution in [2.45, 2.75) is 12.3 Å². The van der Waals surface area contributed by atoms with Gasteiger partial charge in [0.15, 0.2) is 0 Å². The van der Waals surface area contributed by atoms with E-state index < -0.39 is 35.9 Å². The highest BCUT2D eigenvalue weighted by molar-refractivity contribution is 5.96. The lowest BCUT2D eigenvalue weighted by atomic mass is 10.0. The van der Waals surface area contributed by atoms with Crippen LogP contribution in [0, 0.1) is 0 Å². The minimum absolute atomic E-state index is 0.301. The van der Waals surface area contributed by atoms with E-state index in [0.717, 1.165) is 12.1 Å². The quantitative estimate of drug-likeness (QED) is 0.684. The number of para-hydroxylation sites is 1. The molecular weight excluding hydrogens is 363 g/mol. The first kappa shape index (κ1) is 18.7. The fraction of sp³-hybridized carbons (Fsp3) is 0.158. The number of aliphatic hydroxyl groups excluding tert-OH is 1. The highest BCUT2D eigenvalue weighted by Gasteiger charge is 2.34. The number of rotatable bonds is 4. The molecule has 1 amide bonds. The van der Waals surface area contributed by atoms with Crippen molar-refractivity contribution < 1.29 is 27.5 Å². The summed E-state index contributed by atoms with van der Waals surface area (Å²) in [6.07, 6.45) is -6.24. The van der Waals surface area contributed by atoms with Crippen molar-refractivity contribution in [1.29, 1.82) is 0 Å². The van der Waals surface area contributed by atoms with Gasteiger partial charge in [0.25, 0.3) is 5.91 Å². The summed E-state index contributed by atoms with van der Waals surface area (Å²) in [5.74, 6) is -0.849. The van der Waals surface area contributed by atoms with E-state index in [1.165, 1.54) is 18.2 Å². The van der Waals surface area contributed by atoms with Crippen LogP contribution in [0.25, 0.3) is 11.0 Å². The van der Waals surface area contributed by atoms with Gasteiger partial charge in [-0.2, -0.15) is 13.2 Å². The topological polar surface area (TPSA) is 79.5 Å². The molecule has 5 nitrogen and oxygen atoms in total. The molecule has 1 atom stereocenters. The molecule has 0 aliphatic rings. The third-order valence-electron chi connectivity index (χ3n) is 3.97. The summed E-state index contributed by atoms with van der Waals surface area (Å²) in [5, 5.41) is 12.9. The van der Waals surface area contributed by atoms with E-state index in [0.29, 0.717) is 11.0 Å². The third-order valence-corrected chi connectivity index (χ3v) is 3.97. The maximum Gasteiger partial charge on any atom is 0.416 e. The lowest BCUT2D eigenvalue weighted by Gasteiger charge is -2.17. The molecule has 0 bridgehead atoms. The number of nitrogens with one attached hydrogen (secondary N) is 1. The zero-order chi connectivity index (χ0) is 19.6. The number of carbonyl (C=O) groups excluding carboxylic acids is 1. The second-order valence-corrected chi connectivity index (χ2v) is 5.80. The number of fused-ring (bicyclic) bond motifs is 1. The minimum atomic E-state index is -4.64. The van der Waals surface area contributed by atoms with Crippen LogP contribution in [0.2, 0.25) is 0 Å². The fourth-order valence-electron chi connectivity index (χ4n) is 2.66. The number of alkyl halides is 3. The molecule has 0 aliphatic carbocycles.